The lowest BCUT2D eigenvalue weighted by atomic mass is 9.99. The fraction of sp³-hybridized carbons (Fsp3) is 0.174. The maximum Gasteiger partial charge on any atom is 0.307 e. The summed E-state index contributed by atoms with van der Waals surface area (Å²) in [6.07, 6.45) is -0.0753. The van der Waals surface area contributed by atoms with E-state index in [1.807, 2.05) is 54.6 Å². The summed E-state index contributed by atoms with van der Waals surface area (Å²) in [5, 5.41) is 18.3. The molecule has 0 bridgehead atoms. The van der Waals surface area contributed by atoms with Gasteiger partial charge in [-0.15, -0.1) is 0 Å². The number of hydrogen-bond donors (Lipinski definition) is 3. The van der Waals surface area contributed by atoms with Crippen LogP contribution in [0, 0.1) is 0 Å². The van der Waals surface area contributed by atoms with Gasteiger partial charge in [0.2, 0.25) is 0 Å². The predicted molar refractivity (Wildman–Crippen MR) is 108 cm³/mol. The van der Waals surface area contributed by atoms with Gasteiger partial charge in [-0.05, 0) is 40.5 Å². The number of aliphatic carboxylic acids is 1. The minimum atomic E-state index is -0.890. The fourth-order valence-electron chi connectivity index (χ4n) is 3.01. The first kappa shape index (κ1) is 19.6. The van der Waals surface area contributed by atoms with Gasteiger partial charge in [-0.25, -0.2) is 0 Å². The van der Waals surface area contributed by atoms with E-state index in [4.69, 9.17) is 15.6 Å². The van der Waals surface area contributed by atoms with E-state index in [2.05, 4.69) is 0 Å². The first-order chi connectivity index (χ1) is 13.6. The Kier molecular flexibility index (Phi) is 6.42. The summed E-state index contributed by atoms with van der Waals surface area (Å²) < 4.78 is 5.88. The Bertz CT molecular complexity index is 955. The van der Waals surface area contributed by atoms with Crippen molar-refractivity contribution in [3.63, 3.8) is 0 Å². The molecule has 3 aromatic rings. The molecular formula is C23H23NO4. The molecule has 0 aliphatic carbocycles. The Morgan fingerprint density at radius 1 is 0.964 bits per heavy atom. The molecule has 0 saturated heterocycles. The summed E-state index contributed by atoms with van der Waals surface area (Å²) in [4.78, 5) is 11.0. The van der Waals surface area contributed by atoms with E-state index in [-0.39, 0.29) is 13.0 Å². The second-order valence-electron chi connectivity index (χ2n) is 6.58. The van der Waals surface area contributed by atoms with Crippen molar-refractivity contribution >= 4 is 5.97 Å². The van der Waals surface area contributed by atoms with Crippen molar-refractivity contribution in [3.05, 3.63) is 89.5 Å². The summed E-state index contributed by atoms with van der Waals surface area (Å²) in [6.45, 7) is 0.230. The Hall–Kier alpha value is -3.15. The molecule has 5 heteroatoms. The van der Waals surface area contributed by atoms with Crippen molar-refractivity contribution in [2.45, 2.75) is 19.1 Å². The monoisotopic (exact) mass is 377 g/mol. The van der Waals surface area contributed by atoms with Crippen molar-refractivity contribution in [1.82, 2.24) is 0 Å². The zero-order chi connectivity index (χ0) is 19.9. The van der Waals surface area contributed by atoms with Gasteiger partial charge in [-0.2, -0.15) is 0 Å². The Balaban J connectivity index is 1.77. The zero-order valence-corrected chi connectivity index (χ0v) is 15.4. The highest BCUT2D eigenvalue weighted by atomic mass is 16.5. The molecule has 0 aromatic heterocycles. The van der Waals surface area contributed by atoms with E-state index in [0.717, 1.165) is 22.3 Å². The van der Waals surface area contributed by atoms with Crippen molar-refractivity contribution in [2.75, 3.05) is 6.61 Å². The minimum Gasteiger partial charge on any atom is -0.489 e. The number of hydrogen-bond acceptors (Lipinski definition) is 4. The number of carbonyl (C=O) groups is 1. The van der Waals surface area contributed by atoms with Crippen molar-refractivity contribution in [1.29, 1.82) is 0 Å². The molecule has 5 nitrogen and oxygen atoms in total. The maximum absolute atomic E-state index is 11.0. The highest BCUT2D eigenvalue weighted by Crippen LogP contribution is 2.25. The van der Waals surface area contributed by atoms with Crippen molar-refractivity contribution < 1.29 is 19.7 Å². The second-order valence-corrected chi connectivity index (χ2v) is 6.58. The van der Waals surface area contributed by atoms with Gasteiger partial charge in [-0.1, -0.05) is 54.6 Å². The maximum atomic E-state index is 11.0. The fourth-order valence-corrected chi connectivity index (χ4v) is 3.01. The highest BCUT2D eigenvalue weighted by molar-refractivity contribution is 5.71. The van der Waals surface area contributed by atoms with Gasteiger partial charge < -0.3 is 20.7 Å². The SMILES string of the molecule is N[C@H](CO)c1cccc(-c2cccc(COc3ccccc3CC(=O)O)c2)c1. The van der Waals surface area contributed by atoms with Gasteiger partial charge in [-0.3, -0.25) is 4.79 Å². The average Bonchev–Trinajstić information content (AvgIpc) is 2.72. The van der Waals surface area contributed by atoms with E-state index in [1.54, 1.807) is 18.2 Å². The third-order valence-electron chi connectivity index (χ3n) is 4.48. The number of ether oxygens (including phenoxy) is 1. The quantitative estimate of drug-likeness (QED) is 0.558. The molecule has 0 fully saturated rings. The van der Waals surface area contributed by atoms with Crippen LogP contribution in [0.1, 0.15) is 22.7 Å². The molecule has 3 aromatic carbocycles. The molecule has 144 valence electrons. The topological polar surface area (TPSA) is 92.8 Å². The summed E-state index contributed by atoms with van der Waals surface area (Å²) in [5.74, 6) is -0.315. The first-order valence-electron chi connectivity index (χ1n) is 9.05. The second kappa shape index (κ2) is 9.17. The number of nitrogens with two attached hydrogens (primary N) is 1. The molecule has 4 N–H and O–H groups in total. The number of benzene rings is 3. The number of aliphatic hydroxyl groups is 1. The lowest BCUT2D eigenvalue weighted by Crippen LogP contribution is -2.14. The Morgan fingerprint density at radius 2 is 1.68 bits per heavy atom. The van der Waals surface area contributed by atoms with E-state index >= 15 is 0 Å². The Labute approximate surface area is 164 Å². The molecule has 0 heterocycles. The van der Waals surface area contributed by atoms with E-state index in [9.17, 15) is 9.90 Å². The molecule has 0 aliphatic heterocycles. The van der Waals surface area contributed by atoms with Crippen LogP contribution in [0.25, 0.3) is 11.1 Å². The van der Waals surface area contributed by atoms with Crippen LogP contribution in [0.5, 0.6) is 5.75 Å². The van der Waals surface area contributed by atoms with Gasteiger partial charge in [0.15, 0.2) is 0 Å². The van der Waals surface area contributed by atoms with E-state index < -0.39 is 12.0 Å². The normalized spacial score (nSPS) is 11.8. The molecule has 0 aliphatic rings. The van der Waals surface area contributed by atoms with Gasteiger partial charge in [0.05, 0.1) is 19.1 Å². The summed E-state index contributed by atoms with van der Waals surface area (Å²) in [7, 11) is 0. The van der Waals surface area contributed by atoms with Crippen LogP contribution >= 0.6 is 0 Å². The van der Waals surface area contributed by atoms with Crippen molar-refractivity contribution in [2.24, 2.45) is 5.73 Å². The molecule has 28 heavy (non-hydrogen) atoms. The van der Waals surface area contributed by atoms with Gasteiger partial charge in [0.1, 0.15) is 12.4 Å². The molecule has 0 radical (unpaired) electrons. The average molecular weight is 377 g/mol. The van der Waals surface area contributed by atoms with Crippen LogP contribution in [0.3, 0.4) is 0 Å². The van der Waals surface area contributed by atoms with Crippen LogP contribution in [0.4, 0.5) is 0 Å². The third-order valence-corrected chi connectivity index (χ3v) is 4.48. The summed E-state index contributed by atoms with van der Waals surface area (Å²) in [6, 6.07) is 22.5. The highest BCUT2D eigenvalue weighted by Gasteiger charge is 2.09. The van der Waals surface area contributed by atoms with E-state index in [1.165, 1.54) is 0 Å². The lowest BCUT2D eigenvalue weighted by molar-refractivity contribution is -0.136. The number of carboxylic acid groups (broad SMARTS) is 1. The number of carboxylic acids is 1. The van der Waals surface area contributed by atoms with Crippen LogP contribution < -0.4 is 10.5 Å². The van der Waals surface area contributed by atoms with Gasteiger partial charge in [0, 0.05) is 5.56 Å². The van der Waals surface area contributed by atoms with Crippen LogP contribution in [-0.4, -0.2) is 22.8 Å². The van der Waals surface area contributed by atoms with Gasteiger partial charge >= 0.3 is 5.97 Å². The van der Waals surface area contributed by atoms with Crippen LogP contribution in [-0.2, 0) is 17.8 Å². The molecule has 0 spiro atoms. The van der Waals surface area contributed by atoms with E-state index in [0.29, 0.717) is 17.9 Å². The first-order valence-corrected chi connectivity index (χ1v) is 9.05. The molecule has 3 rings (SSSR count). The van der Waals surface area contributed by atoms with Gasteiger partial charge in [0.25, 0.3) is 0 Å². The smallest absolute Gasteiger partial charge is 0.307 e. The molecule has 1 atom stereocenters. The lowest BCUT2D eigenvalue weighted by Gasteiger charge is -2.13. The zero-order valence-electron chi connectivity index (χ0n) is 15.4. The summed E-state index contributed by atoms with van der Waals surface area (Å²) in [5.41, 5.74) is 10.4. The Morgan fingerprint density at radius 3 is 2.43 bits per heavy atom. The number of aliphatic hydroxyl groups excluding tert-OH is 1. The largest absolute Gasteiger partial charge is 0.489 e. The third kappa shape index (κ3) is 4.97. The van der Waals surface area contributed by atoms with Crippen molar-refractivity contribution in [3.8, 4) is 16.9 Å². The minimum absolute atomic E-state index is 0.0753. The molecule has 0 unspecified atom stereocenters. The summed E-state index contributed by atoms with van der Waals surface area (Å²) >= 11 is 0. The molecular weight excluding hydrogens is 354 g/mol. The van der Waals surface area contributed by atoms with Crippen LogP contribution in [0.2, 0.25) is 0 Å². The predicted octanol–water partition coefficient (Wildman–Crippen LogP) is 3.55. The number of para-hydroxylation sites is 1. The standard InChI is InChI=1S/C23H23NO4/c24-21(14-25)19-9-4-8-18(12-19)17-7-3-5-16(11-17)15-28-22-10-2-1-6-20(22)13-23(26)27/h1-12,21,25H,13-15,24H2,(H,26,27)/t21-/m1/s1. The van der Waals surface area contributed by atoms with Crippen LogP contribution in [0.15, 0.2) is 72.8 Å². The number of rotatable bonds is 8. The molecule has 0 saturated carbocycles. The molecule has 0 amide bonds.